The van der Waals surface area contributed by atoms with Crippen LogP contribution in [0.5, 0.6) is 0 Å². The summed E-state index contributed by atoms with van der Waals surface area (Å²) < 4.78 is 0. The molecule has 0 aromatic heterocycles. The SMILES string of the molecule is CC(C)(C)c1ccc(N2c3cc(N(c4ccccc4)c4ccccc4)ccc3B3c4cc5c(cc4N(c4ccc(C(C)(C)C)cc4-c4ccccc4)c4cc(C(C)(C)C)cc2c43)C(C)(C)CCC5(C)C)cc1. The summed E-state index contributed by atoms with van der Waals surface area (Å²) in [6.45, 7) is 30.9. The highest BCUT2D eigenvalue weighted by Gasteiger charge is 2.47. The molecule has 0 unspecified atom stereocenters. The van der Waals surface area contributed by atoms with E-state index in [0.717, 1.165) is 35.6 Å². The maximum atomic E-state index is 2.69. The third-order valence-corrected chi connectivity index (χ3v) is 16.4. The molecule has 8 aromatic rings. The van der Waals surface area contributed by atoms with E-state index < -0.39 is 0 Å². The van der Waals surface area contributed by atoms with E-state index in [2.05, 4.69) is 281 Å². The molecular formula is C68H72BN3. The third kappa shape index (κ3) is 8.06. The van der Waals surface area contributed by atoms with Crippen LogP contribution in [0.3, 0.4) is 0 Å². The Kier molecular flexibility index (Phi) is 11.2. The van der Waals surface area contributed by atoms with E-state index in [1.165, 1.54) is 83.8 Å². The molecule has 3 aliphatic rings. The molecule has 1 aliphatic carbocycles. The molecule has 0 fully saturated rings. The number of anilines is 9. The molecule has 0 radical (unpaired) electrons. The van der Waals surface area contributed by atoms with Crippen molar-refractivity contribution in [1.82, 2.24) is 0 Å². The van der Waals surface area contributed by atoms with Crippen LogP contribution in [0, 0.1) is 0 Å². The van der Waals surface area contributed by atoms with Gasteiger partial charge in [-0.3, -0.25) is 0 Å². The van der Waals surface area contributed by atoms with E-state index in [4.69, 9.17) is 0 Å². The van der Waals surface area contributed by atoms with Crippen molar-refractivity contribution in [2.75, 3.05) is 14.7 Å². The predicted octanol–water partition coefficient (Wildman–Crippen LogP) is 17.1. The molecule has 0 amide bonds. The first kappa shape index (κ1) is 47.5. The molecule has 0 atom stereocenters. The monoisotopic (exact) mass is 942 g/mol. The van der Waals surface area contributed by atoms with Gasteiger partial charge in [0.15, 0.2) is 0 Å². The van der Waals surface area contributed by atoms with Crippen molar-refractivity contribution in [3.8, 4) is 11.1 Å². The van der Waals surface area contributed by atoms with Crippen molar-refractivity contribution in [3.63, 3.8) is 0 Å². The Hall–Kier alpha value is -6.78. The van der Waals surface area contributed by atoms with Crippen molar-refractivity contribution in [2.24, 2.45) is 0 Å². The largest absolute Gasteiger partial charge is 0.311 e. The molecule has 0 saturated carbocycles. The standard InChI is InChI=1S/C68H72BN3/c1-64(2,3)46-29-32-51(33-30-46)71-59-42-52(70(49-25-19-15-20-26-49)50-27-21-16-22-28-50)34-35-56(59)69-57-43-54-55(68(12,13)38-37-67(54,10)11)44-60(57)72(62-41-48(66(7,8)9)40-61(71)63(62)69)58-36-31-47(65(4,5)6)39-53(58)45-23-17-14-18-24-45/h14-36,39-44H,37-38H2,1-13H3. The van der Waals surface area contributed by atoms with Crippen molar-refractivity contribution in [2.45, 2.75) is 130 Å². The van der Waals surface area contributed by atoms with Gasteiger partial charge in [-0.1, -0.05) is 187 Å². The zero-order valence-electron chi connectivity index (χ0n) is 45.1. The lowest BCUT2D eigenvalue weighted by atomic mass is 9.33. The summed E-state index contributed by atoms with van der Waals surface area (Å²) in [4.78, 5) is 7.72. The summed E-state index contributed by atoms with van der Waals surface area (Å²) in [6, 6.07) is 67.3. The van der Waals surface area contributed by atoms with Gasteiger partial charge in [0.25, 0.3) is 6.71 Å². The minimum atomic E-state index is -0.158. The lowest BCUT2D eigenvalue weighted by Gasteiger charge is -2.48. The lowest BCUT2D eigenvalue weighted by molar-refractivity contribution is 0.332. The van der Waals surface area contributed by atoms with Crippen LogP contribution in [0.1, 0.15) is 131 Å². The summed E-state index contributed by atoms with van der Waals surface area (Å²) in [6.07, 6.45) is 2.30. The number of hydrogen-bond acceptors (Lipinski definition) is 3. The van der Waals surface area contributed by atoms with Gasteiger partial charge in [-0.2, -0.15) is 0 Å². The summed E-state index contributed by atoms with van der Waals surface area (Å²) in [5.41, 5.74) is 24.0. The fourth-order valence-electron chi connectivity index (χ4n) is 11.9. The lowest BCUT2D eigenvalue weighted by Crippen LogP contribution is -2.62. The molecule has 11 rings (SSSR count). The molecule has 72 heavy (non-hydrogen) atoms. The third-order valence-electron chi connectivity index (χ3n) is 16.4. The van der Waals surface area contributed by atoms with Gasteiger partial charge in [0.05, 0.1) is 5.69 Å². The Labute approximate surface area is 431 Å². The fraction of sp³-hybridized carbons (Fsp3) is 0.294. The molecule has 362 valence electrons. The number of benzene rings is 8. The first-order valence-corrected chi connectivity index (χ1v) is 26.4. The van der Waals surface area contributed by atoms with Crippen molar-refractivity contribution >= 4 is 74.3 Å². The average molecular weight is 942 g/mol. The van der Waals surface area contributed by atoms with Crippen LogP contribution in [0.4, 0.5) is 51.2 Å². The minimum absolute atomic E-state index is 0.0102. The first-order chi connectivity index (χ1) is 34.1. The van der Waals surface area contributed by atoms with E-state index in [-0.39, 0.29) is 33.8 Å². The minimum Gasteiger partial charge on any atom is -0.311 e. The van der Waals surface area contributed by atoms with Crippen LogP contribution in [-0.2, 0) is 27.1 Å². The summed E-state index contributed by atoms with van der Waals surface area (Å²) in [5, 5.41) is 0. The maximum Gasteiger partial charge on any atom is 0.252 e. The van der Waals surface area contributed by atoms with E-state index in [1.54, 1.807) is 0 Å². The second-order valence-electron chi connectivity index (χ2n) is 25.4. The van der Waals surface area contributed by atoms with Crippen molar-refractivity contribution in [3.05, 3.63) is 204 Å². The number of para-hydroxylation sites is 2. The number of nitrogens with zero attached hydrogens (tertiary/aromatic N) is 3. The first-order valence-electron chi connectivity index (χ1n) is 26.4. The van der Waals surface area contributed by atoms with Crippen LogP contribution in [0.15, 0.2) is 176 Å². The van der Waals surface area contributed by atoms with Gasteiger partial charge in [0.2, 0.25) is 0 Å². The van der Waals surface area contributed by atoms with Crippen LogP contribution in [0.25, 0.3) is 11.1 Å². The Morgan fingerprint density at radius 3 is 1.46 bits per heavy atom. The zero-order chi connectivity index (χ0) is 50.7. The molecule has 0 bridgehead atoms. The number of fused-ring (bicyclic) bond motifs is 5. The summed E-state index contributed by atoms with van der Waals surface area (Å²) in [7, 11) is 0. The molecule has 3 nitrogen and oxygen atoms in total. The van der Waals surface area contributed by atoms with Crippen LogP contribution < -0.4 is 31.1 Å². The fourth-order valence-corrected chi connectivity index (χ4v) is 11.9. The van der Waals surface area contributed by atoms with Gasteiger partial charge >= 0.3 is 0 Å². The van der Waals surface area contributed by atoms with Crippen LogP contribution in [0.2, 0.25) is 0 Å². The molecule has 2 aliphatic heterocycles. The van der Waals surface area contributed by atoms with Crippen molar-refractivity contribution < 1.29 is 0 Å². The highest BCUT2D eigenvalue weighted by molar-refractivity contribution is 7.00. The Morgan fingerprint density at radius 1 is 0.403 bits per heavy atom. The zero-order valence-corrected chi connectivity index (χ0v) is 45.1. The van der Waals surface area contributed by atoms with Crippen molar-refractivity contribution in [1.29, 1.82) is 0 Å². The second kappa shape index (κ2) is 16.9. The predicted molar refractivity (Wildman–Crippen MR) is 312 cm³/mol. The number of rotatable bonds is 6. The normalized spacial score (nSPS) is 15.6. The second-order valence-corrected chi connectivity index (χ2v) is 25.4. The molecular weight excluding hydrogens is 870 g/mol. The van der Waals surface area contributed by atoms with Gasteiger partial charge in [-0.25, -0.2) is 0 Å². The average Bonchev–Trinajstić information content (AvgIpc) is 3.35. The van der Waals surface area contributed by atoms with E-state index >= 15 is 0 Å². The van der Waals surface area contributed by atoms with Gasteiger partial charge in [0.1, 0.15) is 0 Å². The van der Waals surface area contributed by atoms with Crippen LogP contribution >= 0.6 is 0 Å². The molecule has 0 spiro atoms. The van der Waals surface area contributed by atoms with Gasteiger partial charge < -0.3 is 14.7 Å². The molecule has 0 N–H and O–H groups in total. The van der Waals surface area contributed by atoms with E-state index in [1.807, 2.05) is 0 Å². The van der Waals surface area contributed by atoms with E-state index in [0.29, 0.717) is 0 Å². The highest BCUT2D eigenvalue weighted by Crippen LogP contribution is 2.53. The molecule has 4 heteroatoms. The highest BCUT2D eigenvalue weighted by atomic mass is 15.2. The number of hydrogen-bond donors (Lipinski definition) is 0. The Bertz CT molecular complexity index is 3310. The van der Waals surface area contributed by atoms with Gasteiger partial charge in [-0.05, 0) is 169 Å². The van der Waals surface area contributed by atoms with Gasteiger partial charge in [-0.15, -0.1) is 0 Å². The Morgan fingerprint density at radius 2 is 0.903 bits per heavy atom. The quantitative estimate of drug-likeness (QED) is 0.154. The summed E-state index contributed by atoms with van der Waals surface area (Å²) in [5.74, 6) is 0. The smallest absolute Gasteiger partial charge is 0.252 e. The summed E-state index contributed by atoms with van der Waals surface area (Å²) >= 11 is 0. The van der Waals surface area contributed by atoms with E-state index in [9.17, 15) is 0 Å². The molecule has 2 heterocycles. The van der Waals surface area contributed by atoms with Gasteiger partial charge in [0, 0.05) is 51.1 Å². The topological polar surface area (TPSA) is 9.72 Å². The molecule has 8 aromatic carbocycles. The van der Waals surface area contributed by atoms with Crippen LogP contribution in [-0.4, -0.2) is 6.71 Å². The molecule has 0 saturated heterocycles. The Balaban J connectivity index is 1.28. The maximum absolute atomic E-state index is 2.69.